The van der Waals surface area contributed by atoms with Crippen molar-refractivity contribution in [1.82, 2.24) is 25.1 Å². The SMILES string of the molecule is O=C(NCc1nn(Cc2cccnc2)c(=O)c2ccccc12)c1ccncc1. The van der Waals surface area contributed by atoms with Crippen LogP contribution in [0.2, 0.25) is 0 Å². The van der Waals surface area contributed by atoms with Gasteiger partial charge in [-0.15, -0.1) is 0 Å². The lowest BCUT2D eigenvalue weighted by atomic mass is 10.1. The van der Waals surface area contributed by atoms with E-state index in [9.17, 15) is 9.59 Å². The van der Waals surface area contributed by atoms with Gasteiger partial charge in [-0.1, -0.05) is 24.3 Å². The summed E-state index contributed by atoms with van der Waals surface area (Å²) in [6, 6.07) is 14.3. The highest BCUT2D eigenvalue weighted by molar-refractivity contribution is 5.94. The standard InChI is InChI=1S/C21H17N5O2/c27-20(16-7-10-22-11-8-16)24-13-19-17-5-1-2-6-18(17)21(28)26(25-19)14-15-4-3-9-23-12-15/h1-12H,13-14H2,(H,24,27). The van der Waals surface area contributed by atoms with E-state index in [1.165, 1.54) is 4.68 Å². The smallest absolute Gasteiger partial charge is 0.274 e. The van der Waals surface area contributed by atoms with Gasteiger partial charge in [0.15, 0.2) is 0 Å². The average Bonchev–Trinajstić information content (AvgIpc) is 2.76. The number of hydrogen-bond donors (Lipinski definition) is 1. The monoisotopic (exact) mass is 371 g/mol. The number of pyridine rings is 2. The minimum Gasteiger partial charge on any atom is -0.346 e. The van der Waals surface area contributed by atoms with E-state index in [2.05, 4.69) is 20.4 Å². The fraction of sp³-hybridized carbons (Fsp3) is 0.0952. The lowest BCUT2D eigenvalue weighted by Crippen LogP contribution is -2.29. The minimum absolute atomic E-state index is 0.177. The molecular formula is C21H17N5O2. The first-order valence-corrected chi connectivity index (χ1v) is 8.78. The van der Waals surface area contributed by atoms with Crippen molar-refractivity contribution in [2.75, 3.05) is 0 Å². The molecule has 1 amide bonds. The summed E-state index contributed by atoms with van der Waals surface area (Å²) in [5, 5.41) is 8.66. The number of benzene rings is 1. The van der Waals surface area contributed by atoms with Crippen LogP contribution in [0.4, 0.5) is 0 Å². The molecule has 7 nitrogen and oxygen atoms in total. The predicted octanol–water partition coefficient (Wildman–Crippen LogP) is 2.16. The maximum atomic E-state index is 12.8. The van der Waals surface area contributed by atoms with Crippen LogP contribution in [0.15, 0.2) is 78.1 Å². The van der Waals surface area contributed by atoms with Gasteiger partial charge in [-0.3, -0.25) is 19.6 Å². The van der Waals surface area contributed by atoms with Crippen molar-refractivity contribution in [2.24, 2.45) is 0 Å². The molecule has 0 atom stereocenters. The zero-order valence-corrected chi connectivity index (χ0v) is 14.9. The Balaban J connectivity index is 1.68. The maximum Gasteiger partial charge on any atom is 0.274 e. The topological polar surface area (TPSA) is 89.8 Å². The average molecular weight is 371 g/mol. The number of hydrogen-bond acceptors (Lipinski definition) is 5. The van der Waals surface area contributed by atoms with E-state index in [-0.39, 0.29) is 18.0 Å². The molecule has 7 heteroatoms. The Morgan fingerprint density at radius 2 is 1.71 bits per heavy atom. The molecule has 0 spiro atoms. The Labute approximate surface area is 160 Å². The zero-order valence-electron chi connectivity index (χ0n) is 14.9. The van der Waals surface area contributed by atoms with Gasteiger partial charge in [0.1, 0.15) is 0 Å². The molecule has 0 aliphatic carbocycles. The lowest BCUT2D eigenvalue weighted by Gasteiger charge is -2.12. The molecule has 0 aliphatic heterocycles. The van der Waals surface area contributed by atoms with Gasteiger partial charge in [-0.25, -0.2) is 4.68 Å². The van der Waals surface area contributed by atoms with Crippen molar-refractivity contribution >= 4 is 16.7 Å². The molecule has 4 aromatic rings. The number of nitrogens with zero attached hydrogens (tertiary/aromatic N) is 4. The van der Waals surface area contributed by atoms with Crippen LogP contribution in [0.5, 0.6) is 0 Å². The van der Waals surface area contributed by atoms with Gasteiger partial charge in [-0.05, 0) is 29.8 Å². The fourth-order valence-corrected chi connectivity index (χ4v) is 2.98. The Bertz CT molecular complexity index is 1170. The third kappa shape index (κ3) is 3.64. The van der Waals surface area contributed by atoms with Gasteiger partial charge in [0, 0.05) is 35.7 Å². The van der Waals surface area contributed by atoms with Crippen molar-refractivity contribution < 1.29 is 4.79 Å². The molecule has 3 aromatic heterocycles. The van der Waals surface area contributed by atoms with Crippen LogP contribution in [-0.2, 0) is 13.1 Å². The normalized spacial score (nSPS) is 10.7. The van der Waals surface area contributed by atoms with Gasteiger partial charge in [-0.2, -0.15) is 5.10 Å². The molecule has 28 heavy (non-hydrogen) atoms. The Hall–Kier alpha value is -3.87. The van der Waals surface area contributed by atoms with Crippen molar-refractivity contribution in [3.63, 3.8) is 0 Å². The first-order valence-electron chi connectivity index (χ1n) is 8.78. The van der Waals surface area contributed by atoms with Crippen molar-refractivity contribution in [2.45, 2.75) is 13.1 Å². The van der Waals surface area contributed by atoms with Gasteiger partial charge < -0.3 is 5.32 Å². The third-order valence-corrected chi connectivity index (χ3v) is 4.36. The predicted molar refractivity (Wildman–Crippen MR) is 105 cm³/mol. The Morgan fingerprint density at radius 3 is 2.46 bits per heavy atom. The summed E-state index contributed by atoms with van der Waals surface area (Å²) >= 11 is 0. The third-order valence-electron chi connectivity index (χ3n) is 4.36. The van der Waals surface area contributed by atoms with Crippen molar-refractivity contribution in [1.29, 1.82) is 0 Å². The molecule has 0 aliphatic rings. The van der Waals surface area contributed by atoms with Gasteiger partial charge in [0.05, 0.1) is 24.2 Å². The second-order valence-electron chi connectivity index (χ2n) is 6.23. The van der Waals surface area contributed by atoms with E-state index in [0.29, 0.717) is 23.2 Å². The summed E-state index contributed by atoms with van der Waals surface area (Å²) in [5.41, 5.74) is 1.84. The van der Waals surface area contributed by atoms with Gasteiger partial charge in [0.25, 0.3) is 11.5 Å². The molecule has 0 saturated carbocycles. The zero-order chi connectivity index (χ0) is 19.3. The first-order chi connectivity index (χ1) is 13.7. The molecule has 0 saturated heterocycles. The van der Waals surface area contributed by atoms with Crippen molar-refractivity contribution in [3.05, 3.63) is 100 Å². The molecule has 138 valence electrons. The highest BCUT2D eigenvalue weighted by Crippen LogP contribution is 2.14. The number of fused-ring (bicyclic) bond motifs is 1. The molecule has 1 N–H and O–H groups in total. The maximum absolute atomic E-state index is 12.8. The number of nitrogens with one attached hydrogen (secondary N) is 1. The van der Waals surface area contributed by atoms with E-state index in [4.69, 9.17) is 0 Å². The fourth-order valence-electron chi connectivity index (χ4n) is 2.98. The number of aromatic nitrogens is 4. The summed E-state index contributed by atoms with van der Waals surface area (Å²) in [7, 11) is 0. The number of rotatable bonds is 5. The van der Waals surface area contributed by atoms with Crippen LogP contribution < -0.4 is 10.9 Å². The highest BCUT2D eigenvalue weighted by Gasteiger charge is 2.12. The summed E-state index contributed by atoms with van der Waals surface area (Å²) in [5.74, 6) is -0.224. The molecule has 4 rings (SSSR count). The van der Waals surface area contributed by atoms with Crippen LogP contribution in [0.3, 0.4) is 0 Å². The molecule has 1 aromatic carbocycles. The Kier molecular flexibility index (Phi) is 4.88. The first kappa shape index (κ1) is 17.5. The van der Waals surface area contributed by atoms with Crippen LogP contribution in [0, 0.1) is 0 Å². The van der Waals surface area contributed by atoms with Gasteiger partial charge >= 0.3 is 0 Å². The van der Waals surface area contributed by atoms with Crippen LogP contribution in [0.1, 0.15) is 21.6 Å². The quantitative estimate of drug-likeness (QED) is 0.581. The summed E-state index contributed by atoms with van der Waals surface area (Å²) in [4.78, 5) is 33.2. The number of carbonyl (C=O) groups excluding carboxylic acids is 1. The highest BCUT2D eigenvalue weighted by atomic mass is 16.1. The molecule has 0 unspecified atom stereocenters. The van der Waals surface area contributed by atoms with Gasteiger partial charge in [0.2, 0.25) is 0 Å². The molecule has 0 radical (unpaired) electrons. The van der Waals surface area contributed by atoms with E-state index in [0.717, 1.165) is 10.9 Å². The number of amides is 1. The summed E-state index contributed by atoms with van der Waals surface area (Å²) in [6.45, 7) is 0.512. The van der Waals surface area contributed by atoms with Crippen LogP contribution in [-0.4, -0.2) is 25.7 Å². The largest absolute Gasteiger partial charge is 0.346 e. The van der Waals surface area contributed by atoms with E-state index >= 15 is 0 Å². The second-order valence-corrected chi connectivity index (χ2v) is 6.23. The van der Waals surface area contributed by atoms with E-state index in [1.54, 1.807) is 43.0 Å². The molecule has 3 heterocycles. The minimum atomic E-state index is -0.224. The second kappa shape index (κ2) is 7.79. The molecular weight excluding hydrogens is 354 g/mol. The van der Waals surface area contributed by atoms with Crippen LogP contribution in [0.25, 0.3) is 10.8 Å². The van der Waals surface area contributed by atoms with E-state index in [1.807, 2.05) is 30.3 Å². The van der Waals surface area contributed by atoms with Crippen molar-refractivity contribution in [3.8, 4) is 0 Å². The van der Waals surface area contributed by atoms with Crippen LogP contribution >= 0.6 is 0 Å². The molecule has 0 fully saturated rings. The molecule has 0 bridgehead atoms. The number of carbonyl (C=O) groups is 1. The summed E-state index contributed by atoms with van der Waals surface area (Å²) in [6.07, 6.45) is 6.52. The Morgan fingerprint density at radius 1 is 0.929 bits per heavy atom. The summed E-state index contributed by atoms with van der Waals surface area (Å²) < 4.78 is 1.41. The van der Waals surface area contributed by atoms with E-state index < -0.39 is 0 Å². The lowest BCUT2D eigenvalue weighted by molar-refractivity contribution is 0.0950.